The first kappa shape index (κ1) is 10.8. The van der Waals surface area contributed by atoms with Crippen LogP contribution in [0.4, 0.5) is 0 Å². The van der Waals surface area contributed by atoms with Gasteiger partial charge in [0.05, 0.1) is 0 Å². The molecule has 0 saturated heterocycles. The third-order valence-corrected chi connectivity index (χ3v) is 0.542. The van der Waals surface area contributed by atoms with Crippen LogP contribution < -0.4 is 6.15 Å². The molecule has 3 nitrogen and oxygen atoms in total. The molecular weight excluding hydrogens is 118 g/mol. The predicted molar refractivity (Wildman–Crippen MR) is 33.7 cm³/mol. The second kappa shape index (κ2) is 6.91. The summed E-state index contributed by atoms with van der Waals surface area (Å²) in [6.07, 6.45) is 5.98. The second-order valence-corrected chi connectivity index (χ2v) is 1.22. The number of hydrogen-bond acceptors (Lipinski definition) is 1. The molecule has 9 heavy (non-hydrogen) atoms. The quantitative estimate of drug-likeness (QED) is 0.437. The van der Waals surface area contributed by atoms with Crippen LogP contribution in [0.15, 0.2) is 24.3 Å². The fraction of sp³-hybridized carbons (Fsp3) is 0.167. The zero-order chi connectivity index (χ0) is 6.41. The first-order valence-corrected chi connectivity index (χ1v) is 2.29. The van der Waals surface area contributed by atoms with Crippen LogP contribution in [0.5, 0.6) is 0 Å². The predicted octanol–water partition coefficient (Wildman–Crippen LogP) is 0.723. The smallest absolute Gasteiger partial charge is 0.328 e. The van der Waals surface area contributed by atoms with Crippen molar-refractivity contribution in [2.24, 2.45) is 0 Å². The zero-order valence-electron chi connectivity index (χ0n) is 5.11. The van der Waals surface area contributed by atoms with E-state index in [2.05, 4.69) is 0 Å². The van der Waals surface area contributed by atoms with Crippen molar-refractivity contribution in [3.8, 4) is 0 Å². The van der Waals surface area contributed by atoms with Gasteiger partial charge in [0, 0.05) is 12.2 Å². The molecule has 0 atom stereocenters. The van der Waals surface area contributed by atoms with Gasteiger partial charge in [0.2, 0.25) is 0 Å². The van der Waals surface area contributed by atoms with E-state index in [0.717, 1.165) is 6.08 Å². The highest BCUT2D eigenvalue weighted by Crippen LogP contribution is 1.74. The Morgan fingerprint density at radius 2 is 2.00 bits per heavy atom. The van der Waals surface area contributed by atoms with Crippen molar-refractivity contribution >= 4 is 5.97 Å². The molecule has 1 N–H and O–H groups in total. The molecule has 0 fully saturated rings. The van der Waals surface area contributed by atoms with Gasteiger partial charge < -0.3 is 5.11 Å². The summed E-state index contributed by atoms with van der Waals surface area (Å²) in [6.45, 7) is 1.83. The Bertz CT molecular complexity index is 127. The van der Waals surface area contributed by atoms with Crippen LogP contribution in [-0.4, -0.2) is 11.1 Å². The third kappa shape index (κ3) is 10.9. The Morgan fingerprint density at radius 1 is 1.44 bits per heavy atom. The topological polar surface area (TPSA) is 67.8 Å². The summed E-state index contributed by atoms with van der Waals surface area (Å²) in [5.74, 6) is -0.914. The lowest BCUT2D eigenvalue weighted by atomic mass is 10.4. The van der Waals surface area contributed by atoms with Crippen LogP contribution in [0.2, 0.25) is 0 Å². The van der Waals surface area contributed by atoms with Crippen LogP contribution in [0.25, 0.3) is 0 Å². The normalized spacial score (nSPS) is 9.89. The van der Waals surface area contributed by atoms with E-state index in [1.54, 1.807) is 12.2 Å². The van der Waals surface area contributed by atoms with Crippen molar-refractivity contribution in [3.63, 3.8) is 0 Å². The summed E-state index contributed by atoms with van der Waals surface area (Å²) in [5, 5.41) is 8.02. The van der Waals surface area contributed by atoms with Gasteiger partial charge in [-0.05, 0) is 6.92 Å². The van der Waals surface area contributed by atoms with Crippen LogP contribution in [0.1, 0.15) is 6.92 Å². The number of carboxylic acids is 1. The van der Waals surface area contributed by atoms with Gasteiger partial charge in [-0.3, -0.25) is 0 Å². The summed E-state index contributed by atoms with van der Waals surface area (Å²) in [6, 6.07) is 0. The van der Waals surface area contributed by atoms with Gasteiger partial charge in [0.25, 0.3) is 0 Å². The molecule has 0 saturated carbocycles. The molecule has 0 aliphatic carbocycles. The van der Waals surface area contributed by atoms with Crippen molar-refractivity contribution < 1.29 is 9.90 Å². The third-order valence-electron chi connectivity index (χ3n) is 0.542. The Balaban J connectivity index is 0. The lowest BCUT2D eigenvalue weighted by Crippen LogP contribution is -1.83. The monoisotopic (exact) mass is 126 g/mol. The molecule has 49 valence electrons. The standard InChI is InChI=1S/C6H8O2.N/c1-2-3-4-5-6(7)8;/h2-5H,1H3,(H,7,8);. The molecule has 0 heterocycles. The van der Waals surface area contributed by atoms with E-state index < -0.39 is 5.97 Å². The van der Waals surface area contributed by atoms with E-state index in [9.17, 15) is 4.79 Å². The number of aliphatic carboxylic acids is 1. The Morgan fingerprint density at radius 3 is 2.33 bits per heavy atom. The van der Waals surface area contributed by atoms with E-state index in [-0.39, 0.29) is 6.15 Å². The molecule has 0 bridgehead atoms. The maximum absolute atomic E-state index is 9.75. The number of carbonyl (C=O) groups is 1. The van der Waals surface area contributed by atoms with Gasteiger partial charge in [-0.2, -0.15) is 0 Å². The lowest BCUT2D eigenvalue weighted by Gasteiger charge is -1.72. The van der Waals surface area contributed by atoms with Crippen molar-refractivity contribution in [3.05, 3.63) is 24.3 Å². The first-order valence-electron chi connectivity index (χ1n) is 2.29. The Labute approximate surface area is 54.3 Å². The Kier molecular flexibility index (Phi) is 8.30. The minimum Gasteiger partial charge on any atom is -0.478 e. The fourth-order valence-corrected chi connectivity index (χ4v) is 0.249. The minimum absolute atomic E-state index is 0. The molecule has 0 spiro atoms. The fourth-order valence-electron chi connectivity index (χ4n) is 0.249. The van der Waals surface area contributed by atoms with Crippen molar-refractivity contribution in [2.75, 3.05) is 0 Å². The largest absolute Gasteiger partial charge is 0.478 e. The number of hydrogen-bond donors (Lipinski definition) is 1. The summed E-state index contributed by atoms with van der Waals surface area (Å²) in [5.41, 5.74) is 0. The molecule has 0 amide bonds. The second-order valence-electron chi connectivity index (χ2n) is 1.22. The van der Waals surface area contributed by atoms with Gasteiger partial charge in [-0.15, -0.1) is 0 Å². The zero-order valence-corrected chi connectivity index (χ0v) is 5.11. The maximum atomic E-state index is 9.75. The number of nitrogens with zero attached hydrogens (tertiary/aromatic N) is 1. The number of allylic oxidation sites excluding steroid dienone is 3. The number of rotatable bonds is 2. The van der Waals surface area contributed by atoms with Crippen molar-refractivity contribution in [2.45, 2.75) is 6.92 Å². The first-order chi connectivity index (χ1) is 3.77. The summed E-state index contributed by atoms with van der Waals surface area (Å²) < 4.78 is 0. The van der Waals surface area contributed by atoms with E-state index in [4.69, 9.17) is 5.11 Å². The van der Waals surface area contributed by atoms with Crippen molar-refractivity contribution in [1.82, 2.24) is 6.15 Å². The van der Waals surface area contributed by atoms with Crippen molar-refractivity contribution in [1.29, 1.82) is 0 Å². The van der Waals surface area contributed by atoms with Crippen LogP contribution in [0.3, 0.4) is 0 Å². The highest BCUT2D eigenvalue weighted by Gasteiger charge is 1.78. The molecule has 3 heteroatoms. The van der Waals surface area contributed by atoms with E-state index in [0.29, 0.717) is 0 Å². The van der Waals surface area contributed by atoms with E-state index >= 15 is 0 Å². The van der Waals surface area contributed by atoms with Gasteiger partial charge >= 0.3 is 5.97 Å². The molecule has 3 radical (unpaired) electrons. The summed E-state index contributed by atoms with van der Waals surface area (Å²) >= 11 is 0. The molecule has 0 unspecified atom stereocenters. The summed E-state index contributed by atoms with van der Waals surface area (Å²) in [7, 11) is 0. The Hall–Kier alpha value is -1.09. The molecule has 0 aromatic carbocycles. The molecule has 0 aliphatic rings. The minimum atomic E-state index is -0.914. The lowest BCUT2D eigenvalue weighted by molar-refractivity contribution is -0.131. The van der Waals surface area contributed by atoms with Gasteiger partial charge in [0.1, 0.15) is 0 Å². The molecule has 0 rings (SSSR count). The number of carboxylic acid groups (broad SMARTS) is 1. The highest BCUT2D eigenvalue weighted by atomic mass is 16.4. The molecule has 0 aliphatic heterocycles. The maximum Gasteiger partial charge on any atom is 0.328 e. The van der Waals surface area contributed by atoms with Crippen LogP contribution in [0, 0.1) is 0 Å². The molecule has 0 aromatic rings. The highest BCUT2D eigenvalue weighted by molar-refractivity contribution is 5.80. The van der Waals surface area contributed by atoms with Gasteiger partial charge in [-0.1, -0.05) is 18.2 Å². The molecule has 0 aromatic heterocycles. The van der Waals surface area contributed by atoms with Gasteiger partial charge in [0.15, 0.2) is 0 Å². The SMILES string of the molecule is CC=CC=CC(=O)O.[N]. The average Bonchev–Trinajstić information content (AvgIpc) is 1.66. The van der Waals surface area contributed by atoms with E-state index in [1.807, 2.05) is 6.92 Å². The van der Waals surface area contributed by atoms with Gasteiger partial charge in [-0.25, -0.2) is 4.79 Å². The van der Waals surface area contributed by atoms with Crippen LogP contribution in [-0.2, 0) is 4.79 Å². The van der Waals surface area contributed by atoms with E-state index in [1.165, 1.54) is 6.08 Å². The molecular formula is C6H8NO2. The van der Waals surface area contributed by atoms with Crippen LogP contribution >= 0.6 is 0 Å². The summed E-state index contributed by atoms with van der Waals surface area (Å²) in [4.78, 5) is 9.75. The average molecular weight is 126 g/mol.